The molecule has 0 bridgehead atoms. The molecule has 5 nitrogen and oxygen atoms in total. The third-order valence-electron chi connectivity index (χ3n) is 4.22. The van der Waals surface area contributed by atoms with Crippen molar-refractivity contribution < 1.29 is 13.2 Å². The van der Waals surface area contributed by atoms with Gasteiger partial charge in [0.25, 0.3) is 15.9 Å². The third-order valence-corrected chi connectivity index (χ3v) is 9.58. The second-order valence-electron chi connectivity index (χ2n) is 5.83. The van der Waals surface area contributed by atoms with Gasteiger partial charge in [-0.1, -0.05) is 6.92 Å². The van der Waals surface area contributed by atoms with E-state index in [1.54, 1.807) is 28.4 Å². The van der Waals surface area contributed by atoms with Crippen molar-refractivity contribution in [3.63, 3.8) is 0 Å². The molecule has 0 saturated carbocycles. The molecule has 25 heavy (non-hydrogen) atoms. The quantitative estimate of drug-likeness (QED) is 0.697. The van der Waals surface area contributed by atoms with Crippen LogP contribution in [0.2, 0.25) is 0 Å². The number of piperazine rings is 1. The molecule has 1 aliphatic rings. The number of amides is 1. The Bertz CT molecular complexity index is 880. The molecule has 0 atom stereocenters. The zero-order valence-corrected chi connectivity index (χ0v) is 18.0. The number of hydrogen-bond donors (Lipinski definition) is 0. The van der Waals surface area contributed by atoms with Gasteiger partial charge < -0.3 is 4.90 Å². The van der Waals surface area contributed by atoms with Gasteiger partial charge in [-0.2, -0.15) is 4.31 Å². The van der Waals surface area contributed by atoms with Gasteiger partial charge in [-0.3, -0.25) is 4.79 Å². The fraction of sp³-hybridized carbons (Fsp3) is 0.438. The number of aryl methyl sites for hydroxylation is 2. The Hall–Kier alpha value is -0.740. The summed E-state index contributed by atoms with van der Waals surface area (Å²) in [4.78, 5) is 16.4. The van der Waals surface area contributed by atoms with Crippen molar-refractivity contribution in [1.29, 1.82) is 0 Å². The SMILES string of the molecule is CCc1sc(C(=O)N2CCN(S(=O)(=O)c3ccc(Br)s3)CC2)cc1C. The van der Waals surface area contributed by atoms with Gasteiger partial charge in [-0.15, -0.1) is 22.7 Å². The lowest BCUT2D eigenvalue weighted by molar-refractivity contribution is 0.0703. The highest BCUT2D eigenvalue weighted by Crippen LogP contribution is 2.29. The molecule has 0 spiro atoms. The summed E-state index contributed by atoms with van der Waals surface area (Å²) >= 11 is 6.05. The summed E-state index contributed by atoms with van der Waals surface area (Å²) in [5, 5.41) is 0. The van der Waals surface area contributed by atoms with E-state index in [4.69, 9.17) is 0 Å². The predicted octanol–water partition coefficient (Wildman–Crippen LogP) is 3.59. The zero-order valence-electron chi connectivity index (χ0n) is 14.0. The Morgan fingerprint density at radius 2 is 1.88 bits per heavy atom. The monoisotopic (exact) mass is 462 g/mol. The molecule has 1 amide bonds. The van der Waals surface area contributed by atoms with Crippen molar-refractivity contribution in [3.05, 3.63) is 37.3 Å². The highest BCUT2D eigenvalue weighted by atomic mass is 79.9. The molecule has 9 heteroatoms. The highest BCUT2D eigenvalue weighted by molar-refractivity contribution is 9.11. The van der Waals surface area contributed by atoms with Crippen LogP contribution in [0.15, 0.2) is 26.2 Å². The number of thiophene rings is 2. The van der Waals surface area contributed by atoms with Crippen molar-refractivity contribution in [3.8, 4) is 0 Å². The largest absolute Gasteiger partial charge is 0.335 e. The number of halogens is 1. The first kappa shape index (κ1) is 19.0. The van der Waals surface area contributed by atoms with E-state index in [9.17, 15) is 13.2 Å². The molecule has 0 N–H and O–H groups in total. The van der Waals surface area contributed by atoms with Crippen LogP contribution in [0.4, 0.5) is 0 Å². The van der Waals surface area contributed by atoms with Gasteiger partial charge in [-0.05, 0) is 53.0 Å². The van der Waals surface area contributed by atoms with Gasteiger partial charge in [0.2, 0.25) is 0 Å². The lowest BCUT2D eigenvalue weighted by Gasteiger charge is -2.33. The maximum Gasteiger partial charge on any atom is 0.264 e. The van der Waals surface area contributed by atoms with E-state index in [1.165, 1.54) is 20.5 Å². The fourth-order valence-corrected chi connectivity index (χ4v) is 7.50. The minimum Gasteiger partial charge on any atom is -0.335 e. The van der Waals surface area contributed by atoms with Crippen LogP contribution in [-0.4, -0.2) is 49.7 Å². The third kappa shape index (κ3) is 3.85. The second-order valence-corrected chi connectivity index (χ2v) is 11.6. The summed E-state index contributed by atoms with van der Waals surface area (Å²) in [5.74, 6) is 0.00344. The number of carbonyl (C=O) groups is 1. The van der Waals surface area contributed by atoms with Crippen LogP contribution in [0.1, 0.15) is 27.0 Å². The Labute approximate surface area is 164 Å². The summed E-state index contributed by atoms with van der Waals surface area (Å²) in [7, 11) is -3.48. The Morgan fingerprint density at radius 1 is 1.20 bits per heavy atom. The topological polar surface area (TPSA) is 57.7 Å². The number of nitrogens with zero attached hydrogens (tertiary/aromatic N) is 2. The summed E-state index contributed by atoms with van der Waals surface area (Å²) in [6.45, 7) is 5.60. The first-order valence-corrected chi connectivity index (χ1v) is 11.8. The van der Waals surface area contributed by atoms with Crippen molar-refractivity contribution in [2.45, 2.75) is 24.5 Å². The van der Waals surface area contributed by atoms with Gasteiger partial charge in [0, 0.05) is 31.1 Å². The minimum absolute atomic E-state index is 0.00344. The average molecular weight is 463 g/mol. The summed E-state index contributed by atoms with van der Waals surface area (Å²) < 4.78 is 27.9. The lowest BCUT2D eigenvalue weighted by Crippen LogP contribution is -2.50. The Morgan fingerprint density at radius 3 is 2.40 bits per heavy atom. The molecule has 0 unspecified atom stereocenters. The molecule has 136 valence electrons. The molecule has 0 radical (unpaired) electrons. The van der Waals surface area contributed by atoms with E-state index in [1.807, 2.05) is 13.0 Å². The van der Waals surface area contributed by atoms with E-state index in [0.29, 0.717) is 30.4 Å². The molecule has 2 aromatic heterocycles. The molecule has 3 heterocycles. The molecular formula is C16H19BrN2O3S3. The fourth-order valence-electron chi connectivity index (χ4n) is 2.83. The van der Waals surface area contributed by atoms with Gasteiger partial charge in [-0.25, -0.2) is 8.42 Å². The maximum absolute atomic E-state index is 12.7. The molecule has 1 saturated heterocycles. The van der Waals surface area contributed by atoms with Gasteiger partial charge in [0.1, 0.15) is 4.21 Å². The van der Waals surface area contributed by atoms with Crippen LogP contribution in [0.5, 0.6) is 0 Å². The zero-order chi connectivity index (χ0) is 18.2. The van der Waals surface area contributed by atoms with Gasteiger partial charge in [0.05, 0.1) is 8.66 Å². The molecule has 2 aromatic rings. The van der Waals surface area contributed by atoms with Gasteiger partial charge in [0.15, 0.2) is 0 Å². The van der Waals surface area contributed by atoms with Gasteiger partial charge >= 0.3 is 0 Å². The lowest BCUT2D eigenvalue weighted by atomic mass is 10.2. The number of sulfonamides is 1. The van der Waals surface area contributed by atoms with Crippen LogP contribution in [-0.2, 0) is 16.4 Å². The predicted molar refractivity (Wildman–Crippen MR) is 105 cm³/mol. The van der Waals surface area contributed by atoms with Crippen LogP contribution in [0, 0.1) is 6.92 Å². The van der Waals surface area contributed by atoms with Crippen LogP contribution < -0.4 is 0 Å². The van der Waals surface area contributed by atoms with Crippen LogP contribution in [0.25, 0.3) is 0 Å². The molecule has 0 aromatic carbocycles. The Kier molecular flexibility index (Phi) is 5.69. The summed E-state index contributed by atoms with van der Waals surface area (Å²) in [5.41, 5.74) is 1.15. The van der Waals surface area contributed by atoms with Crippen molar-refractivity contribution in [1.82, 2.24) is 9.21 Å². The molecule has 1 aliphatic heterocycles. The molecule has 3 rings (SSSR count). The summed E-state index contributed by atoms with van der Waals surface area (Å²) in [6, 6.07) is 5.29. The van der Waals surface area contributed by atoms with Crippen LogP contribution in [0.3, 0.4) is 0 Å². The van der Waals surface area contributed by atoms with Crippen molar-refractivity contribution >= 4 is 54.5 Å². The number of carbonyl (C=O) groups excluding carboxylic acids is 1. The first-order chi connectivity index (χ1) is 11.8. The van der Waals surface area contributed by atoms with E-state index in [-0.39, 0.29) is 5.91 Å². The highest BCUT2D eigenvalue weighted by Gasteiger charge is 2.31. The number of rotatable bonds is 4. The number of hydrogen-bond acceptors (Lipinski definition) is 5. The Balaban J connectivity index is 1.68. The van der Waals surface area contributed by atoms with Crippen molar-refractivity contribution in [2.75, 3.05) is 26.2 Å². The average Bonchev–Trinajstić information content (AvgIpc) is 3.20. The van der Waals surface area contributed by atoms with E-state index in [0.717, 1.165) is 20.6 Å². The van der Waals surface area contributed by atoms with E-state index < -0.39 is 10.0 Å². The maximum atomic E-state index is 12.7. The molecule has 0 aliphatic carbocycles. The molecular weight excluding hydrogens is 444 g/mol. The normalized spacial score (nSPS) is 16.4. The van der Waals surface area contributed by atoms with E-state index in [2.05, 4.69) is 22.9 Å². The minimum atomic E-state index is -3.48. The molecule has 1 fully saturated rings. The van der Waals surface area contributed by atoms with Crippen molar-refractivity contribution in [2.24, 2.45) is 0 Å². The summed E-state index contributed by atoms with van der Waals surface area (Å²) in [6.07, 6.45) is 0.923. The standard InChI is InChI=1S/C16H19BrN2O3S3/c1-3-12-11(2)10-13(23-12)16(20)18-6-8-19(9-7-18)25(21,22)15-5-4-14(17)24-15/h4-5,10H,3,6-9H2,1-2H3. The van der Waals surface area contributed by atoms with E-state index >= 15 is 0 Å². The smallest absolute Gasteiger partial charge is 0.264 e. The van der Waals surface area contributed by atoms with Crippen LogP contribution >= 0.6 is 38.6 Å². The second kappa shape index (κ2) is 7.48. The first-order valence-electron chi connectivity index (χ1n) is 7.97.